The van der Waals surface area contributed by atoms with E-state index >= 15 is 0 Å². The van der Waals surface area contributed by atoms with Gasteiger partial charge in [0.25, 0.3) is 5.91 Å². The second-order valence-corrected chi connectivity index (χ2v) is 4.52. The van der Waals surface area contributed by atoms with Crippen LogP contribution in [0, 0.1) is 0 Å². The fourth-order valence-corrected chi connectivity index (χ4v) is 2.08. The molecule has 1 amide bonds. The van der Waals surface area contributed by atoms with E-state index in [0.717, 1.165) is 0 Å². The van der Waals surface area contributed by atoms with Crippen LogP contribution in [0.2, 0.25) is 0 Å². The van der Waals surface area contributed by atoms with Gasteiger partial charge in [-0.3, -0.25) is 4.79 Å². The first-order chi connectivity index (χ1) is 8.68. The van der Waals surface area contributed by atoms with Crippen LogP contribution in [0.3, 0.4) is 0 Å². The molecule has 0 saturated heterocycles. The van der Waals surface area contributed by atoms with Gasteiger partial charge < -0.3 is 10.5 Å². The second-order valence-electron chi connectivity index (χ2n) is 3.58. The molecule has 0 aliphatic heterocycles. The summed E-state index contributed by atoms with van der Waals surface area (Å²) < 4.78 is 5.14. The highest BCUT2D eigenvalue weighted by atomic mass is 32.1. The number of carbonyl (C=O) groups is 2. The smallest absolute Gasteiger partial charge is 0.349 e. The first-order valence-corrected chi connectivity index (χ1v) is 6.15. The Morgan fingerprint density at radius 3 is 2.39 bits per heavy atom. The van der Waals surface area contributed by atoms with Crippen molar-refractivity contribution < 1.29 is 14.3 Å². The number of primary amides is 1. The second kappa shape index (κ2) is 5.46. The molecule has 0 fully saturated rings. The van der Waals surface area contributed by atoms with E-state index in [-0.39, 0.29) is 0 Å². The number of ether oxygens (including phenoxy) is 1. The first-order valence-electron chi connectivity index (χ1n) is 5.27. The van der Waals surface area contributed by atoms with Crippen molar-refractivity contribution in [3.05, 3.63) is 58.3 Å². The van der Waals surface area contributed by atoms with E-state index in [4.69, 9.17) is 10.5 Å². The number of benzene rings is 1. The Kier molecular flexibility index (Phi) is 3.74. The van der Waals surface area contributed by atoms with Gasteiger partial charge in [-0.25, -0.2) is 4.79 Å². The van der Waals surface area contributed by atoms with E-state index in [1.807, 2.05) is 6.07 Å². The Morgan fingerprint density at radius 1 is 1.11 bits per heavy atom. The van der Waals surface area contributed by atoms with Crippen LogP contribution in [0.25, 0.3) is 0 Å². The van der Waals surface area contributed by atoms with Crippen LogP contribution >= 0.6 is 11.3 Å². The molecule has 1 unspecified atom stereocenters. The molecule has 1 atom stereocenters. The third-order valence-electron chi connectivity index (χ3n) is 2.31. The zero-order chi connectivity index (χ0) is 13.0. The standard InChI is InChI=1S/C13H11NO3S/c14-12(15)11(9-5-2-1-3-6-9)17-13(16)10-7-4-8-18-10/h1-8,11H,(H2,14,15). The number of esters is 1. The van der Waals surface area contributed by atoms with E-state index in [1.165, 1.54) is 11.3 Å². The van der Waals surface area contributed by atoms with Crippen LogP contribution in [0.4, 0.5) is 0 Å². The normalized spacial score (nSPS) is 11.8. The molecule has 4 nitrogen and oxygen atoms in total. The highest BCUT2D eigenvalue weighted by molar-refractivity contribution is 7.11. The fraction of sp³-hybridized carbons (Fsp3) is 0.0769. The van der Waals surface area contributed by atoms with Gasteiger partial charge in [-0.2, -0.15) is 0 Å². The van der Waals surface area contributed by atoms with Crippen LogP contribution in [-0.4, -0.2) is 11.9 Å². The number of nitrogens with two attached hydrogens (primary N) is 1. The summed E-state index contributed by atoms with van der Waals surface area (Å²) in [5.74, 6) is -1.23. The van der Waals surface area contributed by atoms with E-state index < -0.39 is 18.0 Å². The molecule has 0 spiro atoms. The number of rotatable bonds is 4. The highest BCUT2D eigenvalue weighted by Crippen LogP contribution is 2.20. The molecule has 2 N–H and O–H groups in total. The minimum absolute atomic E-state index is 0.442. The van der Waals surface area contributed by atoms with Crippen LogP contribution in [-0.2, 0) is 9.53 Å². The molecule has 5 heteroatoms. The lowest BCUT2D eigenvalue weighted by Crippen LogP contribution is -2.26. The lowest BCUT2D eigenvalue weighted by Gasteiger charge is -2.14. The van der Waals surface area contributed by atoms with Gasteiger partial charge in [-0.1, -0.05) is 36.4 Å². The highest BCUT2D eigenvalue weighted by Gasteiger charge is 2.23. The van der Waals surface area contributed by atoms with Crippen molar-refractivity contribution >= 4 is 23.2 Å². The third-order valence-corrected chi connectivity index (χ3v) is 3.16. The Labute approximate surface area is 108 Å². The molecular formula is C13H11NO3S. The number of hydrogen-bond acceptors (Lipinski definition) is 4. The van der Waals surface area contributed by atoms with Crippen LogP contribution in [0.15, 0.2) is 47.8 Å². The van der Waals surface area contributed by atoms with Crippen molar-refractivity contribution in [2.45, 2.75) is 6.10 Å². The minimum atomic E-state index is -1.05. The van der Waals surface area contributed by atoms with Crippen LogP contribution < -0.4 is 5.73 Å². The van der Waals surface area contributed by atoms with Crippen molar-refractivity contribution in [2.75, 3.05) is 0 Å². The van der Waals surface area contributed by atoms with Gasteiger partial charge in [0.1, 0.15) is 4.88 Å². The summed E-state index contributed by atoms with van der Waals surface area (Å²) in [4.78, 5) is 23.6. The predicted molar refractivity (Wildman–Crippen MR) is 68.1 cm³/mol. The van der Waals surface area contributed by atoms with E-state index in [2.05, 4.69) is 0 Å². The maximum absolute atomic E-state index is 11.8. The summed E-state index contributed by atoms with van der Waals surface area (Å²) in [5.41, 5.74) is 5.82. The van der Waals surface area contributed by atoms with Gasteiger partial charge in [0, 0.05) is 5.56 Å². The molecule has 0 aliphatic carbocycles. The molecule has 2 rings (SSSR count). The Morgan fingerprint density at radius 2 is 1.83 bits per heavy atom. The Hall–Kier alpha value is -2.14. The number of hydrogen-bond donors (Lipinski definition) is 1. The van der Waals surface area contributed by atoms with Gasteiger partial charge >= 0.3 is 5.97 Å². The molecule has 0 radical (unpaired) electrons. The van der Waals surface area contributed by atoms with Gasteiger partial charge in [0.05, 0.1) is 0 Å². The van der Waals surface area contributed by atoms with Crippen molar-refractivity contribution in [1.29, 1.82) is 0 Å². The Balaban J connectivity index is 2.18. The Bertz CT molecular complexity index is 537. The molecule has 0 aliphatic rings. The molecule has 0 bridgehead atoms. The largest absolute Gasteiger partial charge is 0.443 e. The maximum atomic E-state index is 11.8. The summed E-state index contributed by atoms with van der Waals surface area (Å²) in [5, 5.41) is 1.76. The van der Waals surface area contributed by atoms with Gasteiger partial charge in [-0.15, -0.1) is 11.3 Å². The van der Waals surface area contributed by atoms with Crippen LogP contribution in [0.1, 0.15) is 21.3 Å². The number of amides is 1. The summed E-state index contributed by atoms with van der Waals surface area (Å²) in [6, 6.07) is 12.1. The topological polar surface area (TPSA) is 69.4 Å². The number of thiophene rings is 1. The van der Waals surface area contributed by atoms with Gasteiger partial charge in [-0.05, 0) is 11.4 Å². The quantitative estimate of drug-likeness (QED) is 0.857. The van der Waals surface area contributed by atoms with Crippen molar-refractivity contribution in [3.8, 4) is 0 Å². The fourth-order valence-electron chi connectivity index (χ4n) is 1.48. The molecular weight excluding hydrogens is 250 g/mol. The van der Waals surface area contributed by atoms with Crippen molar-refractivity contribution in [2.24, 2.45) is 5.73 Å². The molecule has 92 valence electrons. The lowest BCUT2D eigenvalue weighted by molar-refractivity contribution is -0.127. The first kappa shape index (κ1) is 12.3. The number of carbonyl (C=O) groups excluding carboxylic acids is 2. The molecule has 1 aromatic carbocycles. The van der Waals surface area contributed by atoms with Crippen LogP contribution in [0.5, 0.6) is 0 Å². The van der Waals surface area contributed by atoms with Gasteiger partial charge in [0.15, 0.2) is 0 Å². The zero-order valence-corrected chi connectivity index (χ0v) is 10.2. The monoisotopic (exact) mass is 261 g/mol. The summed E-state index contributed by atoms with van der Waals surface area (Å²) >= 11 is 1.25. The molecule has 1 aromatic heterocycles. The van der Waals surface area contributed by atoms with Gasteiger partial charge in [0.2, 0.25) is 6.10 Å². The summed E-state index contributed by atoms with van der Waals surface area (Å²) in [6.45, 7) is 0. The van der Waals surface area contributed by atoms with E-state index in [1.54, 1.807) is 41.8 Å². The molecule has 2 aromatic rings. The van der Waals surface area contributed by atoms with E-state index in [0.29, 0.717) is 10.4 Å². The summed E-state index contributed by atoms with van der Waals surface area (Å²) in [7, 11) is 0. The lowest BCUT2D eigenvalue weighted by atomic mass is 10.1. The van der Waals surface area contributed by atoms with Crippen molar-refractivity contribution in [1.82, 2.24) is 0 Å². The third kappa shape index (κ3) is 2.75. The van der Waals surface area contributed by atoms with Crippen molar-refractivity contribution in [3.63, 3.8) is 0 Å². The molecule has 18 heavy (non-hydrogen) atoms. The van der Waals surface area contributed by atoms with E-state index in [9.17, 15) is 9.59 Å². The SMILES string of the molecule is NC(=O)C(OC(=O)c1cccs1)c1ccccc1. The predicted octanol–water partition coefficient (Wildman–Crippen LogP) is 2.13. The average Bonchev–Trinajstić information content (AvgIpc) is 2.90. The molecule has 0 saturated carbocycles. The molecule has 1 heterocycles. The maximum Gasteiger partial charge on any atom is 0.349 e. The minimum Gasteiger partial charge on any atom is -0.443 e. The zero-order valence-electron chi connectivity index (χ0n) is 9.41. The average molecular weight is 261 g/mol. The summed E-state index contributed by atoms with van der Waals surface area (Å²) in [6.07, 6.45) is -1.05.